The van der Waals surface area contributed by atoms with Crippen LogP contribution in [0.25, 0.3) is 22.0 Å². The van der Waals surface area contributed by atoms with Crippen LogP contribution in [0.15, 0.2) is 60.8 Å². The van der Waals surface area contributed by atoms with E-state index in [1.807, 2.05) is 28.9 Å². The van der Waals surface area contributed by atoms with Crippen LogP contribution in [0, 0.1) is 17.6 Å². The van der Waals surface area contributed by atoms with Gasteiger partial charge in [0.1, 0.15) is 0 Å². The zero-order chi connectivity index (χ0) is 24.5. The number of carbonyl (C=O) groups is 1. The average Bonchev–Trinajstić information content (AvgIpc) is 3.29. The highest BCUT2D eigenvalue weighted by atomic mass is 19.1. The number of nitrogen functional groups attached to an aromatic ring is 1. The summed E-state index contributed by atoms with van der Waals surface area (Å²) in [6, 6.07) is 15.9. The van der Waals surface area contributed by atoms with Crippen LogP contribution in [-0.2, 0) is 0 Å². The predicted octanol–water partition coefficient (Wildman–Crippen LogP) is 5.43. The van der Waals surface area contributed by atoms with Crippen molar-refractivity contribution in [1.29, 1.82) is 0 Å². The summed E-state index contributed by atoms with van der Waals surface area (Å²) in [6.07, 6.45) is 5.75. The number of fused-ring (bicyclic) bond motifs is 1. The van der Waals surface area contributed by atoms with Gasteiger partial charge in [-0.1, -0.05) is 30.3 Å². The van der Waals surface area contributed by atoms with Gasteiger partial charge in [-0.05, 0) is 61.4 Å². The lowest BCUT2D eigenvalue weighted by molar-refractivity contribution is 0.0940. The fourth-order valence-electron chi connectivity index (χ4n) is 4.80. The van der Waals surface area contributed by atoms with Crippen molar-refractivity contribution in [2.75, 3.05) is 12.3 Å². The van der Waals surface area contributed by atoms with Crippen molar-refractivity contribution in [3.05, 3.63) is 78.0 Å². The van der Waals surface area contributed by atoms with Gasteiger partial charge in [-0.15, -0.1) is 0 Å². The van der Waals surface area contributed by atoms with Crippen molar-refractivity contribution in [3.63, 3.8) is 0 Å². The average molecular weight is 477 g/mol. The summed E-state index contributed by atoms with van der Waals surface area (Å²) in [5.74, 6) is -3.66. The Kier molecular flexibility index (Phi) is 6.11. The van der Waals surface area contributed by atoms with Gasteiger partial charge in [-0.25, -0.2) is 8.78 Å². The van der Waals surface area contributed by atoms with Gasteiger partial charge < -0.3 is 16.2 Å². The Balaban J connectivity index is 1.20. The monoisotopic (exact) mass is 476 g/mol. The molecule has 1 aliphatic rings. The first kappa shape index (κ1) is 22.8. The molecule has 8 heteroatoms. The van der Waals surface area contributed by atoms with E-state index in [1.54, 1.807) is 0 Å². The molecule has 35 heavy (non-hydrogen) atoms. The van der Waals surface area contributed by atoms with Crippen LogP contribution >= 0.6 is 0 Å². The van der Waals surface area contributed by atoms with E-state index in [9.17, 15) is 18.7 Å². The molecule has 6 nitrogen and oxygen atoms in total. The number of hydrogen-bond donors (Lipinski definition) is 3. The van der Waals surface area contributed by atoms with Crippen molar-refractivity contribution in [3.8, 4) is 16.9 Å². The van der Waals surface area contributed by atoms with Gasteiger partial charge in [0, 0.05) is 34.9 Å². The number of aromatic hydroxyl groups is 1. The first-order valence-corrected chi connectivity index (χ1v) is 11.7. The largest absolute Gasteiger partial charge is 0.503 e. The molecule has 1 aliphatic carbocycles. The minimum Gasteiger partial charge on any atom is -0.503 e. The van der Waals surface area contributed by atoms with Gasteiger partial charge in [-0.2, -0.15) is 5.10 Å². The molecule has 0 aliphatic heterocycles. The molecule has 1 heterocycles. The number of halogens is 2. The standard InChI is InChI=1S/C27H26F2N4O2/c28-22-11-19(12-23(29)26(22)34)27(35)31-14-16-5-9-20(10-6-16)33-15-18-8-7-17(13-25(18)32-33)21-3-1-2-4-24(21)30/h1-4,7-8,11-13,15-16,20,34H,5-6,9-10,14,30H2,(H,31,35). The minimum absolute atomic E-state index is 0.147. The maximum absolute atomic E-state index is 13.5. The number of aromatic nitrogens is 2. The number of benzene rings is 3. The number of phenolic OH excluding ortho intramolecular Hbond substituents is 1. The lowest BCUT2D eigenvalue weighted by Gasteiger charge is -2.28. The fourth-order valence-corrected chi connectivity index (χ4v) is 4.80. The number of rotatable bonds is 5. The highest BCUT2D eigenvalue weighted by Gasteiger charge is 2.24. The van der Waals surface area contributed by atoms with Crippen LogP contribution in [0.1, 0.15) is 42.1 Å². The lowest BCUT2D eigenvalue weighted by atomic mass is 9.86. The Hall–Kier alpha value is -3.94. The molecular formula is C27H26F2N4O2. The summed E-state index contributed by atoms with van der Waals surface area (Å²) in [5.41, 5.74) is 9.67. The third kappa shape index (κ3) is 4.69. The molecule has 180 valence electrons. The molecule has 0 saturated heterocycles. The number of phenols is 1. The van der Waals surface area contributed by atoms with E-state index in [0.29, 0.717) is 6.54 Å². The Bertz CT molecular complexity index is 1370. The number of nitrogens with two attached hydrogens (primary N) is 1. The van der Waals surface area contributed by atoms with Crippen LogP contribution < -0.4 is 11.1 Å². The lowest BCUT2D eigenvalue weighted by Crippen LogP contribution is -2.31. The summed E-state index contributed by atoms with van der Waals surface area (Å²) in [4.78, 5) is 12.3. The van der Waals surface area contributed by atoms with Gasteiger partial charge in [0.15, 0.2) is 17.4 Å². The Morgan fingerprint density at radius 3 is 2.49 bits per heavy atom. The molecular weight excluding hydrogens is 450 g/mol. The normalized spacial score (nSPS) is 18.0. The number of nitrogens with zero attached hydrogens (tertiary/aromatic N) is 2. The molecule has 0 atom stereocenters. The molecule has 4 N–H and O–H groups in total. The zero-order valence-corrected chi connectivity index (χ0v) is 19.0. The summed E-state index contributed by atoms with van der Waals surface area (Å²) < 4.78 is 29.1. The molecule has 0 spiro atoms. The fraction of sp³-hybridized carbons (Fsp3) is 0.259. The zero-order valence-electron chi connectivity index (χ0n) is 19.0. The van der Waals surface area contributed by atoms with Crippen LogP contribution in [-0.4, -0.2) is 27.3 Å². The number of amides is 1. The Morgan fingerprint density at radius 2 is 1.77 bits per heavy atom. The number of nitrogens with one attached hydrogen (secondary N) is 1. The molecule has 1 saturated carbocycles. The summed E-state index contributed by atoms with van der Waals surface area (Å²) >= 11 is 0. The smallest absolute Gasteiger partial charge is 0.251 e. The molecule has 0 bridgehead atoms. The summed E-state index contributed by atoms with van der Waals surface area (Å²) in [7, 11) is 0. The van der Waals surface area contributed by atoms with Crippen molar-refractivity contribution in [2.45, 2.75) is 31.7 Å². The maximum Gasteiger partial charge on any atom is 0.251 e. The minimum atomic E-state index is -1.15. The molecule has 3 aromatic carbocycles. The highest BCUT2D eigenvalue weighted by Crippen LogP contribution is 2.34. The SMILES string of the molecule is Nc1ccccc1-c1ccc2cn(C3CCC(CNC(=O)c4cc(F)c(O)c(F)c4)CC3)nc2c1. The second kappa shape index (κ2) is 9.37. The molecule has 5 rings (SSSR count). The molecule has 0 radical (unpaired) electrons. The van der Waals surface area contributed by atoms with E-state index in [2.05, 4.69) is 29.7 Å². The quantitative estimate of drug-likeness (QED) is 0.335. The van der Waals surface area contributed by atoms with Gasteiger partial charge in [-0.3, -0.25) is 9.48 Å². The molecule has 4 aromatic rings. The van der Waals surface area contributed by atoms with Gasteiger partial charge in [0.05, 0.1) is 11.6 Å². The first-order chi connectivity index (χ1) is 16.9. The predicted molar refractivity (Wildman–Crippen MR) is 131 cm³/mol. The van der Waals surface area contributed by atoms with Crippen LogP contribution in [0.4, 0.5) is 14.5 Å². The highest BCUT2D eigenvalue weighted by molar-refractivity contribution is 5.94. The Morgan fingerprint density at radius 1 is 1.06 bits per heavy atom. The molecule has 1 fully saturated rings. The molecule has 1 aromatic heterocycles. The second-order valence-corrected chi connectivity index (χ2v) is 9.14. The number of para-hydroxylation sites is 1. The van der Waals surface area contributed by atoms with E-state index in [-0.39, 0.29) is 17.5 Å². The van der Waals surface area contributed by atoms with Gasteiger partial charge in [0.2, 0.25) is 0 Å². The van der Waals surface area contributed by atoms with Crippen molar-refractivity contribution >= 4 is 22.5 Å². The first-order valence-electron chi connectivity index (χ1n) is 11.7. The molecule has 0 unspecified atom stereocenters. The maximum atomic E-state index is 13.5. The van der Waals surface area contributed by atoms with Crippen molar-refractivity contribution < 1.29 is 18.7 Å². The molecule has 1 amide bonds. The van der Waals surface area contributed by atoms with Gasteiger partial charge >= 0.3 is 0 Å². The third-order valence-corrected chi connectivity index (χ3v) is 6.82. The van der Waals surface area contributed by atoms with E-state index >= 15 is 0 Å². The number of anilines is 1. The van der Waals surface area contributed by atoms with E-state index < -0.39 is 23.3 Å². The van der Waals surface area contributed by atoms with E-state index in [1.165, 1.54) is 0 Å². The number of hydrogen-bond acceptors (Lipinski definition) is 4. The van der Waals surface area contributed by atoms with Crippen LogP contribution in [0.2, 0.25) is 0 Å². The topological polar surface area (TPSA) is 93.2 Å². The van der Waals surface area contributed by atoms with Crippen molar-refractivity contribution in [2.24, 2.45) is 5.92 Å². The second-order valence-electron chi connectivity index (χ2n) is 9.14. The van der Waals surface area contributed by atoms with E-state index in [4.69, 9.17) is 10.8 Å². The summed E-state index contributed by atoms with van der Waals surface area (Å²) in [6.45, 7) is 0.429. The van der Waals surface area contributed by atoms with Gasteiger partial charge in [0.25, 0.3) is 5.91 Å². The number of carbonyl (C=O) groups excluding carboxylic acids is 1. The van der Waals surface area contributed by atoms with Crippen LogP contribution in [0.5, 0.6) is 5.75 Å². The van der Waals surface area contributed by atoms with Crippen molar-refractivity contribution in [1.82, 2.24) is 15.1 Å². The summed E-state index contributed by atoms with van der Waals surface area (Å²) in [5, 5.41) is 17.9. The van der Waals surface area contributed by atoms with E-state index in [0.717, 1.165) is 65.5 Å². The Labute approximate surface area is 201 Å². The third-order valence-electron chi connectivity index (χ3n) is 6.82. The van der Waals surface area contributed by atoms with Crippen LogP contribution in [0.3, 0.4) is 0 Å².